The van der Waals surface area contributed by atoms with Crippen molar-refractivity contribution in [1.29, 1.82) is 0 Å². The molecule has 19 heavy (non-hydrogen) atoms. The van der Waals surface area contributed by atoms with Crippen LogP contribution in [0, 0.1) is 16.3 Å². The average Bonchev–Trinajstić information content (AvgIpc) is 2.37. The van der Waals surface area contributed by atoms with Crippen LogP contribution in [0.5, 0.6) is 0 Å². The number of hydrogen-bond donors (Lipinski definition) is 2. The lowest BCUT2D eigenvalue weighted by Gasteiger charge is -2.19. The van der Waals surface area contributed by atoms with E-state index in [1.54, 1.807) is 6.07 Å². The smallest absolute Gasteiger partial charge is 0.123 e. The van der Waals surface area contributed by atoms with Crippen LogP contribution in [0.25, 0.3) is 0 Å². The largest absolute Gasteiger partial charge is 0.271 e. The fourth-order valence-corrected chi connectivity index (χ4v) is 2.54. The summed E-state index contributed by atoms with van der Waals surface area (Å²) in [5, 5.41) is 0.679. The first-order valence-corrected chi connectivity index (χ1v) is 7.15. The highest BCUT2D eigenvalue weighted by molar-refractivity contribution is 14.1. The van der Waals surface area contributed by atoms with Gasteiger partial charge in [0.05, 0.1) is 11.1 Å². The molecule has 0 saturated carbocycles. The van der Waals surface area contributed by atoms with Crippen LogP contribution in [0.4, 0.5) is 4.39 Å². The van der Waals surface area contributed by atoms with Crippen molar-refractivity contribution < 1.29 is 4.39 Å². The molecule has 1 atom stereocenters. The Labute approximate surface area is 130 Å². The van der Waals surface area contributed by atoms with Crippen LogP contribution < -0.4 is 11.3 Å². The van der Waals surface area contributed by atoms with Gasteiger partial charge in [0.1, 0.15) is 5.82 Å². The van der Waals surface area contributed by atoms with Crippen molar-refractivity contribution >= 4 is 34.2 Å². The van der Waals surface area contributed by atoms with Crippen molar-refractivity contribution in [1.82, 2.24) is 5.43 Å². The maximum Gasteiger partial charge on any atom is 0.123 e. The van der Waals surface area contributed by atoms with Crippen LogP contribution in [0.1, 0.15) is 22.7 Å². The van der Waals surface area contributed by atoms with E-state index in [1.165, 1.54) is 12.1 Å². The van der Waals surface area contributed by atoms with Gasteiger partial charge in [0, 0.05) is 3.57 Å². The molecule has 0 aliphatic rings. The van der Waals surface area contributed by atoms with Crippen LogP contribution in [-0.4, -0.2) is 0 Å². The second-order valence-corrected chi connectivity index (χ2v) is 5.84. The number of halogens is 3. The fraction of sp³-hybridized carbons (Fsp3) is 0.143. The Kier molecular flexibility index (Phi) is 4.78. The zero-order valence-electron chi connectivity index (χ0n) is 10.3. The van der Waals surface area contributed by atoms with E-state index < -0.39 is 0 Å². The molecule has 0 aliphatic heterocycles. The van der Waals surface area contributed by atoms with Crippen LogP contribution in [-0.2, 0) is 0 Å². The molecule has 100 valence electrons. The lowest BCUT2D eigenvalue weighted by molar-refractivity contribution is 0.612. The molecule has 2 nitrogen and oxygen atoms in total. The van der Waals surface area contributed by atoms with E-state index >= 15 is 0 Å². The minimum absolute atomic E-state index is 0.213. The van der Waals surface area contributed by atoms with Gasteiger partial charge in [0.2, 0.25) is 0 Å². The van der Waals surface area contributed by atoms with E-state index in [1.807, 2.05) is 25.1 Å². The van der Waals surface area contributed by atoms with Gasteiger partial charge < -0.3 is 0 Å². The third-order valence-electron chi connectivity index (χ3n) is 2.99. The van der Waals surface area contributed by atoms with E-state index in [0.717, 1.165) is 20.3 Å². The third-order valence-corrected chi connectivity index (χ3v) is 4.56. The summed E-state index contributed by atoms with van der Waals surface area (Å²) in [6.45, 7) is 1.86. The highest BCUT2D eigenvalue weighted by Crippen LogP contribution is 2.28. The van der Waals surface area contributed by atoms with Gasteiger partial charge in [-0.2, -0.15) is 0 Å². The molecule has 2 aromatic carbocycles. The zero-order chi connectivity index (χ0) is 14.0. The van der Waals surface area contributed by atoms with Gasteiger partial charge in [-0.3, -0.25) is 5.84 Å². The summed E-state index contributed by atoms with van der Waals surface area (Å²) in [6.07, 6.45) is 0. The minimum Gasteiger partial charge on any atom is -0.271 e. The summed E-state index contributed by atoms with van der Waals surface area (Å²) in [4.78, 5) is 0. The monoisotopic (exact) mass is 390 g/mol. The molecule has 3 N–H and O–H groups in total. The predicted molar refractivity (Wildman–Crippen MR) is 84.5 cm³/mol. The first kappa shape index (κ1) is 14.7. The van der Waals surface area contributed by atoms with E-state index in [2.05, 4.69) is 28.0 Å². The normalized spacial score (nSPS) is 12.5. The summed E-state index contributed by atoms with van der Waals surface area (Å²) in [6, 6.07) is 10.2. The maximum atomic E-state index is 13.2. The van der Waals surface area contributed by atoms with Crippen molar-refractivity contribution in [2.24, 2.45) is 5.84 Å². The van der Waals surface area contributed by atoms with Crippen molar-refractivity contribution in [3.63, 3.8) is 0 Å². The van der Waals surface area contributed by atoms with Crippen LogP contribution in [0.2, 0.25) is 5.02 Å². The number of benzene rings is 2. The number of aryl methyl sites for hydroxylation is 1. The van der Waals surface area contributed by atoms with Crippen LogP contribution >= 0.6 is 34.2 Å². The van der Waals surface area contributed by atoms with Crippen molar-refractivity contribution in [2.75, 3.05) is 0 Å². The summed E-state index contributed by atoms with van der Waals surface area (Å²) in [5.41, 5.74) is 5.48. The molecule has 0 aliphatic carbocycles. The molecular formula is C14H13ClFIN2. The lowest BCUT2D eigenvalue weighted by atomic mass is 9.95. The molecule has 0 fully saturated rings. The SMILES string of the molecule is Cc1cc(F)ccc1C(NN)c1ccc(I)c(Cl)c1. The van der Waals surface area contributed by atoms with Gasteiger partial charge in [0.25, 0.3) is 0 Å². The molecule has 0 aromatic heterocycles. The molecule has 2 rings (SSSR count). The number of hydrazine groups is 1. The molecule has 0 amide bonds. The van der Waals surface area contributed by atoms with E-state index in [0.29, 0.717) is 5.02 Å². The maximum absolute atomic E-state index is 13.2. The molecule has 0 bridgehead atoms. The second kappa shape index (κ2) is 6.17. The second-order valence-electron chi connectivity index (χ2n) is 4.27. The highest BCUT2D eigenvalue weighted by atomic mass is 127. The van der Waals surface area contributed by atoms with Gasteiger partial charge >= 0.3 is 0 Å². The molecular weight excluding hydrogens is 378 g/mol. The minimum atomic E-state index is -0.252. The van der Waals surface area contributed by atoms with Gasteiger partial charge in [-0.25, -0.2) is 9.82 Å². The van der Waals surface area contributed by atoms with Crippen molar-refractivity contribution in [3.8, 4) is 0 Å². The number of hydrogen-bond acceptors (Lipinski definition) is 2. The standard InChI is InChI=1S/C14H13ClFIN2/c1-8-6-10(16)3-4-11(8)14(19-18)9-2-5-13(17)12(15)7-9/h2-7,14,19H,18H2,1H3. The van der Waals surface area contributed by atoms with Crippen LogP contribution in [0.3, 0.4) is 0 Å². The molecule has 0 spiro atoms. The molecule has 5 heteroatoms. The highest BCUT2D eigenvalue weighted by Gasteiger charge is 2.16. The molecule has 0 radical (unpaired) electrons. The average molecular weight is 391 g/mol. The van der Waals surface area contributed by atoms with Gasteiger partial charge in [-0.15, -0.1) is 0 Å². The summed E-state index contributed by atoms with van der Waals surface area (Å²) in [7, 11) is 0. The van der Waals surface area contributed by atoms with E-state index in [4.69, 9.17) is 17.4 Å². The van der Waals surface area contributed by atoms with Crippen molar-refractivity contribution in [2.45, 2.75) is 13.0 Å². The summed E-state index contributed by atoms with van der Waals surface area (Å²) in [5.74, 6) is 5.39. The Hall–Kier alpha value is -0.690. The Bertz CT molecular complexity index is 604. The predicted octanol–water partition coefficient (Wildman–Crippen LogP) is 3.94. The third kappa shape index (κ3) is 3.25. The van der Waals surface area contributed by atoms with Crippen LogP contribution in [0.15, 0.2) is 36.4 Å². The Morgan fingerprint density at radius 1 is 1.26 bits per heavy atom. The van der Waals surface area contributed by atoms with E-state index in [9.17, 15) is 4.39 Å². The first-order valence-electron chi connectivity index (χ1n) is 5.70. The quantitative estimate of drug-likeness (QED) is 0.473. The Morgan fingerprint density at radius 3 is 2.58 bits per heavy atom. The van der Waals surface area contributed by atoms with E-state index in [-0.39, 0.29) is 11.9 Å². The molecule has 0 heterocycles. The van der Waals surface area contributed by atoms with Gasteiger partial charge in [-0.05, 0) is 70.5 Å². The Morgan fingerprint density at radius 2 is 2.00 bits per heavy atom. The lowest BCUT2D eigenvalue weighted by Crippen LogP contribution is -2.29. The number of nitrogens with two attached hydrogens (primary N) is 1. The first-order chi connectivity index (χ1) is 9.02. The molecule has 0 saturated heterocycles. The molecule has 1 unspecified atom stereocenters. The number of rotatable bonds is 3. The topological polar surface area (TPSA) is 38.0 Å². The zero-order valence-corrected chi connectivity index (χ0v) is 13.2. The number of nitrogens with one attached hydrogen (secondary N) is 1. The fourth-order valence-electron chi connectivity index (χ4n) is 2.02. The van der Waals surface area contributed by atoms with Gasteiger partial charge in [0.15, 0.2) is 0 Å². The summed E-state index contributed by atoms with van der Waals surface area (Å²) >= 11 is 8.30. The molecule has 2 aromatic rings. The van der Waals surface area contributed by atoms with Gasteiger partial charge in [-0.1, -0.05) is 23.7 Å². The summed E-state index contributed by atoms with van der Waals surface area (Å²) < 4.78 is 14.1. The van der Waals surface area contributed by atoms with Crippen molar-refractivity contribution in [3.05, 3.63) is 67.5 Å². The Balaban J connectivity index is 2.46.